The summed E-state index contributed by atoms with van der Waals surface area (Å²) in [7, 11) is 1.74. The normalized spacial score (nSPS) is 10.3. The van der Waals surface area contributed by atoms with Crippen molar-refractivity contribution in [3.63, 3.8) is 0 Å². The Balaban J connectivity index is 2.50. The highest BCUT2D eigenvalue weighted by molar-refractivity contribution is 6.30. The van der Waals surface area contributed by atoms with E-state index in [1.54, 1.807) is 17.7 Å². The third-order valence-corrected chi connectivity index (χ3v) is 2.52. The quantitative estimate of drug-likeness (QED) is 0.723. The van der Waals surface area contributed by atoms with E-state index in [4.69, 9.17) is 11.6 Å². The van der Waals surface area contributed by atoms with Gasteiger partial charge in [-0.3, -0.25) is 4.79 Å². The van der Waals surface area contributed by atoms with E-state index in [-0.39, 0.29) is 5.56 Å². The summed E-state index contributed by atoms with van der Waals surface area (Å²) in [5.41, 5.74) is 2.05. The molecule has 76 valence electrons. The molecular weight excluding hydrogens is 210 g/mol. The molecule has 3 heteroatoms. The maximum absolute atomic E-state index is 11.2. The van der Waals surface area contributed by atoms with Gasteiger partial charge in [-0.05, 0) is 29.3 Å². The van der Waals surface area contributed by atoms with Crippen LogP contribution >= 0.6 is 11.6 Å². The molecule has 0 aliphatic heterocycles. The Bertz CT molecular complexity index is 528. The van der Waals surface area contributed by atoms with Crippen LogP contribution in [0.4, 0.5) is 0 Å². The first-order valence-electron chi connectivity index (χ1n) is 4.59. The Hall–Kier alpha value is -1.54. The van der Waals surface area contributed by atoms with Crippen LogP contribution in [0.3, 0.4) is 0 Å². The van der Waals surface area contributed by atoms with E-state index in [9.17, 15) is 4.79 Å². The molecule has 0 N–H and O–H groups in total. The molecule has 1 heterocycles. The summed E-state index contributed by atoms with van der Waals surface area (Å²) in [5, 5.41) is 0.712. The van der Waals surface area contributed by atoms with Crippen molar-refractivity contribution in [2.45, 2.75) is 0 Å². The SMILES string of the molecule is Cn1cc(-c2ccc(Cl)cc2)ccc1=O. The first-order valence-corrected chi connectivity index (χ1v) is 4.97. The fraction of sp³-hybridized carbons (Fsp3) is 0.0833. The van der Waals surface area contributed by atoms with Crippen molar-refractivity contribution >= 4 is 11.6 Å². The Kier molecular flexibility index (Phi) is 2.60. The summed E-state index contributed by atoms with van der Waals surface area (Å²) in [4.78, 5) is 11.2. The molecule has 15 heavy (non-hydrogen) atoms. The van der Waals surface area contributed by atoms with Gasteiger partial charge in [0, 0.05) is 24.3 Å². The van der Waals surface area contributed by atoms with Crippen molar-refractivity contribution in [2.24, 2.45) is 7.05 Å². The third kappa shape index (κ3) is 2.10. The largest absolute Gasteiger partial charge is 0.318 e. The average molecular weight is 220 g/mol. The summed E-state index contributed by atoms with van der Waals surface area (Å²) >= 11 is 5.80. The number of nitrogens with zero attached hydrogens (tertiary/aromatic N) is 1. The predicted molar refractivity (Wildman–Crippen MR) is 62.1 cm³/mol. The molecule has 2 aromatic rings. The summed E-state index contributed by atoms with van der Waals surface area (Å²) in [6, 6.07) is 10.9. The van der Waals surface area contributed by atoms with Crippen LogP contribution in [-0.2, 0) is 7.05 Å². The zero-order chi connectivity index (χ0) is 10.8. The summed E-state index contributed by atoms with van der Waals surface area (Å²) < 4.78 is 1.56. The van der Waals surface area contributed by atoms with Gasteiger partial charge in [0.05, 0.1) is 0 Å². The molecule has 0 atom stereocenters. The highest BCUT2D eigenvalue weighted by Gasteiger charge is 1.98. The van der Waals surface area contributed by atoms with Gasteiger partial charge in [-0.2, -0.15) is 0 Å². The number of benzene rings is 1. The van der Waals surface area contributed by atoms with Crippen LogP contribution in [0.25, 0.3) is 11.1 Å². The number of pyridine rings is 1. The van der Waals surface area contributed by atoms with Crippen molar-refractivity contribution in [1.82, 2.24) is 4.57 Å². The van der Waals surface area contributed by atoms with Gasteiger partial charge in [-0.25, -0.2) is 0 Å². The molecule has 2 rings (SSSR count). The summed E-state index contributed by atoms with van der Waals surface area (Å²) in [6.07, 6.45) is 1.81. The lowest BCUT2D eigenvalue weighted by Crippen LogP contribution is -2.13. The number of rotatable bonds is 1. The van der Waals surface area contributed by atoms with Crippen molar-refractivity contribution in [1.29, 1.82) is 0 Å². The van der Waals surface area contributed by atoms with Gasteiger partial charge in [0.1, 0.15) is 0 Å². The average Bonchev–Trinajstić information content (AvgIpc) is 2.23. The van der Waals surface area contributed by atoms with E-state index in [0.717, 1.165) is 11.1 Å². The molecule has 0 saturated heterocycles. The van der Waals surface area contributed by atoms with Gasteiger partial charge in [0.15, 0.2) is 0 Å². The van der Waals surface area contributed by atoms with Crippen molar-refractivity contribution < 1.29 is 0 Å². The van der Waals surface area contributed by atoms with Gasteiger partial charge in [0.2, 0.25) is 5.56 Å². The van der Waals surface area contributed by atoms with E-state index in [2.05, 4.69) is 0 Å². The monoisotopic (exact) mass is 219 g/mol. The van der Waals surface area contributed by atoms with E-state index in [1.165, 1.54) is 0 Å². The smallest absolute Gasteiger partial charge is 0.250 e. The fourth-order valence-electron chi connectivity index (χ4n) is 1.41. The predicted octanol–water partition coefficient (Wildman–Crippen LogP) is 2.71. The minimum Gasteiger partial charge on any atom is -0.318 e. The maximum atomic E-state index is 11.2. The highest BCUT2D eigenvalue weighted by atomic mass is 35.5. The molecular formula is C12H10ClNO. The van der Waals surface area contributed by atoms with Gasteiger partial charge < -0.3 is 4.57 Å². The minimum absolute atomic E-state index is 0.00675. The lowest BCUT2D eigenvalue weighted by atomic mass is 10.1. The molecule has 0 unspecified atom stereocenters. The minimum atomic E-state index is -0.00675. The van der Waals surface area contributed by atoms with E-state index < -0.39 is 0 Å². The van der Waals surface area contributed by atoms with E-state index in [1.807, 2.05) is 36.5 Å². The third-order valence-electron chi connectivity index (χ3n) is 2.26. The molecule has 2 nitrogen and oxygen atoms in total. The van der Waals surface area contributed by atoms with Crippen molar-refractivity contribution in [3.05, 3.63) is 58.0 Å². The first-order chi connectivity index (χ1) is 7.16. The molecule has 0 spiro atoms. The van der Waals surface area contributed by atoms with Crippen molar-refractivity contribution in [3.8, 4) is 11.1 Å². The molecule has 0 bridgehead atoms. The zero-order valence-electron chi connectivity index (χ0n) is 8.27. The second-order valence-electron chi connectivity index (χ2n) is 3.37. The summed E-state index contributed by atoms with van der Waals surface area (Å²) in [5.74, 6) is 0. The van der Waals surface area contributed by atoms with Crippen LogP contribution in [0.1, 0.15) is 0 Å². The van der Waals surface area contributed by atoms with Crippen LogP contribution in [0.5, 0.6) is 0 Å². The van der Waals surface area contributed by atoms with E-state index >= 15 is 0 Å². The second-order valence-corrected chi connectivity index (χ2v) is 3.81. The van der Waals surface area contributed by atoms with Gasteiger partial charge in [0.25, 0.3) is 0 Å². The molecule has 1 aromatic carbocycles. The lowest BCUT2D eigenvalue weighted by Gasteiger charge is -2.03. The van der Waals surface area contributed by atoms with Gasteiger partial charge in [-0.15, -0.1) is 0 Å². The van der Waals surface area contributed by atoms with Gasteiger partial charge >= 0.3 is 0 Å². The van der Waals surface area contributed by atoms with Crippen LogP contribution < -0.4 is 5.56 Å². The molecule has 0 aliphatic rings. The number of hydrogen-bond donors (Lipinski definition) is 0. The Morgan fingerprint density at radius 1 is 1.00 bits per heavy atom. The second kappa shape index (κ2) is 3.91. The fourth-order valence-corrected chi connectivity index (χ4v) is 1.53. The molecule has 0 amide bonds. The van der Waals surface area contributed by atoms with E-state index in [0.29, 0.717) is 5.02 Å². The van der Waals surface area contributed by atoms with Crippen molar-refractivity contribution in [2.75, 3.05) is 0 Å². The molecule has 0 radical (unpaired) electrons. The Morgan fingerprint density at radius 2 is 1.60 bits per heavy atom. The van der Waals surface area contributed by atoms with Gasteiger partial charge in [-0.1, -0.05) is 23.7 Å². The number of aryl methyl sites for hydroxylation is 1. The Morgan fingerprint density at radius 3 is 2.20 bits per heavy atom. The number of aromatic nitrogens is 1. The maximum Gasteiger partial charge on any atom is 0.250 e. The lowest BCUT2D eigenvalue weighted by molar-refractivity contribution is 0.862. The van der Waals surface area contributed by atoms with Crippen LogP contribution in [-0.4, -0.2) is 4.57 Å². The van der Waals surface area contributed by atoms with Crippen LogP contribution in [0.15, 0.2) is 47.4 Å². The van der Waals surface area contributed by atoms with Crippen LogP contribution in [0, 0.1) is 0 Å². The summed E-state index contributed by atoms with van der Waals surface area (Å²) in [6.45, 7) is 0. The number of halogens is 1. The molecule has 0 fully saturated rings. The molecule has 0 saturated carbocycles. The standard InChI is InChI=1S/C12H10ClNO/c1-14-8-10(4-7-12(14)15)9-2-5-11(13)6-3-9/h2-8H,1H3. The Labute approximate surface area is 92.7 Å². The molecule has 0 aliphatic carbocycles. The zero-order valence-corrected chi connectivity index (χ0v) is 9.03. The first kappa shape index (κ1) is 9.99. The van der Waals surface area contributed by atoms with Crippen LogP contribution in [0.2, 0.25) is 5.02 Å². The number of hydrogen-bond acceptors (Lipinski definition) is 1. The highest BCUT2D eigenvalue weighted by Crippen LogP contribution is 2.19. The topological polar surface area (TPSA) is 22.0 Å². The molecule has 1 aromatic heterocycles.